The molecule has 0 aliphatic carbocycles. The van der Waals surface area contributed by atoms with Crippen molar-refractivity contribution < 1.29 is 9.53 Å². The molecular formula is C14H16N2O2Si. The molecule has 0 radical (unpaired) electrons. The number of carbonyl (C=O) groups is 1. The number of fused-ring (bicyclic) bond motifs is 1. The summed E-state index contributed by atoms with van der Waals surface area (Å²) in [5.74, 6) is 2.71. The van der Waals surface area contributed by atoms with Crippen molar-refractivity contribution in [2.45, 2.75) is 19.6 Å². The standard InChI is InChI=1S/C14H16N2O2Si/c1-18-14(17)12-10(7-9-19(2,3)4)11-6-5-8-15-13(11)16-12/h5-6,8H,1-4H3,(H,15,16). The van der Waals surface area contributed by atoms with Gasteiger partial charge >= 0.3 is 5.97 Å². The van der Waals surface area contributed by atoms with Gasteiger partial charge in [0.1, 0.15) is 19.4 Å². The van der Waals surface area contributed by atoms with Gasteiger partial charge in [-0.05, 0) is 12.1 Å². The highest BCUT2D eigenvalue weighted by Crippen LogP contribution is 2.20. The summed E-state index contributed by atoms with van der Waals surface area (Å²) in [6, 6.07) is 3.73. The van der Waals surface area contributed by atoms with Crippen molar-refractivity contribution in [2.24, 2.45) is 0 Å². The topological polar surface area (TPSA) is 55.0 Å². The minimum atomic E-state index is -1.52. The van der Waals surface area contributed by atoms with E-state index < -0.39 is 14.0 Å². The Labute approximate surface area is 113 Å². The van der Waals surface area contributed by atoms with Crippen molar-refractivity contribution in [1.29, 1.82) is 0 Å². The zero-order valence-corrected chi connectivity index (χ0v) is 12.5. The van der Waals surface area contributed by atoms with Crippen LogP contribution in [0.25, 0.3) is 11.0 Å². The maximum atomic E-state index is 11.8. The first-order chi connectivity index (χ1) is 8.92. The van der Waals surface area contributed by atoms with Gasteiger partial charge < -0.3 is 9.72 Å². The molecule has 0 unspecified atom stereocenters. The highest BCUT2D eigenvalue weighted by molar-refractivity contribution is 6.83. The molecular weight excluding hydrogens is 256 g/mol. The number of esters is 1. The van der Waals surface area contributed by atoms with Gasteiger partial charge in [-0.3, -0.25) is 0 Å². The summed E-state index contributed by atoms with van der Waals surface area (Å²) in [7, 11) is -0.158. The summed E-state index contributed by atoms with van der Waals surface area (Å²) in [5.41, 5.74) is 4.98. The van der Waals surface area contributed by atoms with Gasteiger partial charge in [-0.25, -0.2) is 9.78 Å². The number of rotatable bonds is 1. The lowest BCUT2D eigenvalue weighted by Crippen LogP contribution is -2.16. The molecule has 5 heteroatoms. The van der Waals surface area contributed by atoms with Crippen molar-refractivity contribution in [3.8, 4) is 11.5 Å². The number of hydrogen-bond acceptors (Lipinski definition) is 3. The lowest BCUT2D eigenvalue weighted by molar-refractivity contribution is 0.0595. The number of nitrogens with one attached hydrogen (secondary N) is 1. The number of aromatic amines is 1. The Bertz CT molecular complexity index is 687. The maximum Gasteiger partial charge on any atom is 0.355 e. The number of methoxy groups -OCH3 is 1. The zero-order chi connectivity index (χ0) is 14.0. The van der Waals surface area contributed by atoms with Crippen molar-refractivity contribution in [1.82, 2.24) is 9.97 Å². The number of pyridine rings is 1. The molecule has 0 saturated heterocycles. The van der Waals surface area contributed by atoms with Crippen LogP contribution in [0.1, 0.15) is 16.1 Å². The minimum absolute atomic E-state index is 0.377. The Kier molecular flexibility index (Phi) is 3.45. The molecule has 2 rings (SSSR count). The number of nitrogens with zero attached hydrogens (tertiary/aromatic N) is 1. The van der Waals surface area contributed by atoms with E-state index in [1.807, 2.05) is 12.1 Å². The van der Waals surface area contributed by atoms with E-state index >= 15 is 0 Å². The molecule has 0 spiro atoms. The Morgan fingerprint density at radius 1 is 1.42 bits per heavy atom. The fraction of sp³-hybridized carbons (Fsp3) is 0.286. The van der Waals surface area contributed by atoms with Gasteiger partial charge in [0.15, 0.2) is 0 Å². The molecule has 2 heterocycles. The average Bonchev–Trinajstić information content (AvgIpc) is 2.73. The predicted molar refractivity (Wildman–Crippen MR) is 77.7 cm³/mol. The molecule has 0 aliphatic heterocycles. The second kappa shape index (κ2) is 4.90. The summed E-state index contributed by atoms with van der Waals surface area (Å²) < 4.78 is 4.78. The number of carbonyl (C=O) groups excluding carboxylic acids is 1. The van der Waals surface area contributed by atoms with E-state index in [-0.39, 0.29) is 0 Å². The Morgan fingerprint density at radius 3 is 2.79 bits per heavy atom. The smallest absolute Gasteiger partial charge is 0.355 e. The first kappa shape index (κ1) is 13.4. The normalized spacial score (nSPS) is 10.9. The van der Waals surface area contributed by atoms with Crippen LogP contribution < -0.4 is 0 Å². The van der Waals surface area contributed by atoms with E-state index in [1.165, 1.54) is 7.11 Å². The molecule has 0 saturated carbocycles. The van der Waals surface area contributed by atoms with Crippen LogP contribution in [0.3, 0.4) is 0 Å². The molecule has 0 amide bonds. The molecule has 4 nitrogen and oxygen atoms in total. The van der Waals surface area contributed by atoms with Gasteiger partial charge in [0.05, 0.1) is 12.7 Å². The van der Waals surface area contributed by atoms with E-state index in [4.69, 9.17) is 4.74 Å². The van der Waals surface area contributed by atoms with Crippen LogP contribution in [-0.4, -0.2) is 31.1 Å². The molecule has 2 aromatic rings. The van der Waals surface area contributed by atoms with E-state index in [9.17, 15) is 4.79 Å². The number of aromatic nitrogens is 2. The third kappa shape index (κ3) is 2.85. The van der Waals surface area contributed by atoms with E-state index in [0.29, 0.717) is 16.9 Å². The highest BCUT2D eigenvalue weighted by Gasteiger charge is 2.18. The van der Waals surface area contributed by atoms with E-state index in [1.54, 1.807) is 6.20 Å². The van der Waals surface area contributed by atoms with Crippen LogP contribution in [-0.2, 0) is 4.74 Å². The SMILES string of the molecule is COC(=O)c1[nH]c2ncccc2c1C#C[Si](C)(C)C. The summed E-state index contributed by atoms with van der Waals surface area (Å²) in [6.45, 7) is 6.47. The molecule has 2 aromatic heterocycles. The zero-order valence-electron chi connectivity index (χ0n) is 11.5. The summed E-state index contributed by atoms with van der Waals surface area (Å²) >= 11 is 0. The molecule has 0 bridgehead atoms. The van der Waals surface area contributed by atoms with Gasteiger partial charge in [0.25, 0.3) is 0 Å². The van der Waals surface area contributed by atoms with Crippen LogP contribution in [0.15, 0.2) is 18.3 Å². The van der Waals surface area contributed by atoms with Crippen molar-refractivity contribution >= 4 is 25.1 Å². The van der Waals surface area contributed by atoms with Crippen LogP contribution in [0, 0.1) is 11.5 Å². The maximum absolute atomic E-state index is 11.8. The number of H-pyrrole nitrogens is 1. The Morgan fingerprint density at radius 2 is 2.16 bits per heavy atom. The van der Waals surface area contributed by atoms with Crippen LogP contribution >= 0.6 is 0 Å². The number of hydrogen-bond donors (Lipinski definition) is 1. The van der Waals surface area contributed by atoms with Crippen molar-refractivity contribution in [3.63, 3.8) is 0 Å². The molecule has 98 valence electrons. The van der Waals surface area contributed by atoms with Gasteiger partial charge in [0.2, 0.25) is 0 Å². The second-order valence-corrected chi connectivity index (χ2v) is 10.0. The van der Waals surface area contributed by atoms with E-state index in [0.717, 1.165) is 5.39 Å². The fourth-order valence-electron chi connectivity index (χ4n) is 1.66. The minimum Gasteiger partial charge on any atom is -0.464 e. The Balaban J connectivity index is 2.67. The molecule has 0 fully saturated rings. The van der Waals surface area contributed by atoms with Crippen molar-refractivity contribution in [2.75, 3.05) is 7.11 Å². The summed E-state index contributed by atoms with van der Waals surface area (Å²) in [4.78, 5) is 19.0. The highest BCUT2D eigenvalue weighted by atomic mass is 28.3. The third-order valence-electron chi connectivity index (χ3n) is 2.52. The first-order valence-electron chi connectivity index (χ1n) is 6.00. The monoisotopic (exact) mass is 272 g/mol. The quantitative estimate of drug-likeness (QED) is 0.493. The summed E-state index contributed by atoms with van der Waals surface area (Å²) in [6.07, 6.45) is 1.68. The van der Waals surface area contributed by atoms with Gasteiger partial charge in [-0.1, -0.05) is 25.6 Å². The molecule has 1 N–H and O–H groups in total. The lowest BCUT2D eigenvalue weighted by Gasteiger charge is -2.03. The van der Waals surface area contributed by atoms with Crippen LogP contribution in [0.2, 0.25) is 19.6 Å². The van der Waals surface area contributed by atoms with E-state index in [2.05, 4.69) is 41.1 Å². The lowest BCUT2D eigenvalue weighted by atomic mass is 10.2. The summed E-state index contributed by atoms with van der Waals surface area (Å²) in [5, 5.41) is 0.855. The molecule has 0 aliphatic rings. The molecule has 0 atom stereocenters. The largest absolute Gasteiger partial charge is 0.464 e. The number of ether oxygens (including phenoxy) is 1. The Hall–Kier alpha value is -2.06. The molecule has 19 heavy (non-hydrogen) atoms. The van der Waals surface area contributed by atoms with Gasteiger partial charge in [-0.15, -0.1) is 5.54 Å². The molecule has 0 aromatic carbocycles. The first-order valence-corrected chi connectivity index (χ1v) is 9.50. The predicted octanol–water partition coefficient (Wildman–Crippen LogP) is 2.58. The van der Waals surface area contributed by atoms with Gasteiger partial charge in [-0.2, -0.15) is 0 Å². The average molecular weight is 272 g/mol. The van der Waals surface area contributed by atoms with Gasteiger partial charge in [0, 0.05) is 11.6 Å². The third-order valence-corrected chi connectivity index (χ3v) is 3.40. The second-order valence-electron chi connectivity index (χ2n) is 5.27. The van der Waals surface area contributed by atoms with Crippen LogP contribution in [0.5, 0.6) is 0 Å². The van der Waals surface area contributed by atoms with Crippen molar-refractivity contribution in [3.05, 3.63) is 29.6 Å². The van der Waals surface area contributed by atoms with Crippen LogP contribution in [0.4, 0.5) is 0 Å². The fourth-order valence-corrected chi connectivity index (χ4v) is 2.16.